The lowest BCUT2D eigenvalue weighted by Gasteiger charge is -2.16. The molecule has 1 N–H and O–H groups in total. The molecule has 0 unspecified atom stereocenters. The first-order chi connectivity index (χ1) is 11.7. The zero-order valence-corrected chi connectivity index (χ0v) is 14.4. The van der Waals surface area contributed by atoms with Crippen molar-refractivity contribution < 1.29 is 0 Å². The molecule has 2 fully saturated rings. The summed E-state index contributed by atoms with van der Waals surface area (Å²) < 4.78 is 0. The summed E-state index contributed by atoms with van der Waals surface area (Å²) in [6.07, 6.45) is 4.95. The maximum Gasteiger partial charge on any atom is 0.185 e. The molecule has 24 heavy (non-hydrogen) atoms. The monoisotopic (exact) mass is 337 g/mol. The van der Waals surface area contributed by atoms with Crippen LogP contribution in [0.4, 0.5) is 5.13 Å². The Labute approximate surface area is 144 Å². The fraction of sp³-hybridized carbons (Fsp3) is 0.389. The van der Waals surface area contributed by atoms with E-state index in [-0.39, 0.29) is 0 Å². The first-order valence-electron chi connectivity index (χ1n) is 8.32. The zero-order valence-electron chi connectivity index (χ0n) is 13.6. The normalized spacial score (nSPS) is 25.8. The minimum absolute atomic E-state index is 0.488. The van der Waals surface area contributed by atoms with E-state index in [4.69, 9.17) is 9.97 Å². The molecule has 1 saturated heterocycles. The number of aromatic nitrogens is 3. The third kappa shape index (κ3) is 2.37. The van der Waals surface area contributed by atoms with Crippen LogP contribution < -0.4 is 5.32 Å². The van der Waals surface area contributed by atoms with Gasteiger partial charge in [-0.2, -0.15) is 0 Å². The van der Waals surface area contributed by atoms with Gasteiger partial charge in [0, 0.05) is 43.0 Å². The molecule has 5 rings (SSSR count). The van der Waals surface area contributed by atoms with Crippen molar-refractivity contribution in [2.24, 2.45) is 11.3 Å². The number of nitrogens with zero attached hydrogens (tertiary/aromatic N) is 4. The fourth-order valence-electron chi connectivity index (χ4n) is 3.96. The summed E-state index contributed by atoms with van der Waals surface area (Å²) in [5.74, 6) is 0.876. The van der Waals surface area contributed by atoms with Gasteiger partial charge in [-0.15, -0.1) is 0 Å². The quantitative estimate of drug-likeness (QED) is 0.793. The van der Waals surface area contributed by atoms with Gasteiger partial charge in [-0.05, 0) is 43.7 Å². The second kappa shape index (κ2) is 5.22. The van der Waals surface area contributed by atoms with Gasteiger partial charge in [-0.25, -0.2) is 9.97 Å². The first-order valence-corrected chi connectivity index (χ1v) is 9.14. The number of pyridine rings is 2. The predicted octanol–water partition coefficient (Wildman–Crippen LogP) is 3.12. The molecule has 122 valence electrons. The van der Waals surface area contributed by atoms with Gasteiger partial charge in [0.25, 0.3) is 0 Å². The Balaban J connectivity index is 1.36. The third-order valence-electron chi connectivity index (χ3n) is 5.30. The topological polar surface area (TPSA) is 53.9 Å². The smallest absolute Gasteiger partial charge is 0.185 e. The molecule has 3 aromatic rings. The van der Waals surface area contributed by atoms with Gasteiger partial charge in [0.2, 0.25) is 0 Å². The molecule has 4 heterocycles. The number of nitrogens with one attached hydrogen (secondary N) is 1. The number of thiazole rings is 1. The number of fused-ring (bicyclic) bond motifs is 2. The van der Waals surface area contributed by atoms with Gasteiger partial charge in [0.05, 0.1) is 5.69 Å². The second-order valence-electron chi connectivity index (χ2n) is 7.09. The molecule has 5 nitrogen and oxygen atoms in total. The fourth-order valence-corrected chi connectivity index (χ4v) is 4.80. The van der Waals surface area contributed by atoms with Gasteiger partial charge in [0.1, 0.15) is 10.3 Å². The van der Waals surface area contributed by atoms with Crippen LogP contribution in [0, 0.1) is 11.3 Å². The SMILES string of the molecule is CN1C[C@H]2C[C@]2(CNc2nc3ccc(-c4ccncc4)nc3s2)C1. The van der Waals surface area contributed by atoms with E-state index in [9.17, 15) is 0 Å². The molecule has 6 heteroatoms. The number of hydrogen-bond donors (Lipinski definition) is 1. The van der Waals surface area contributed by atoms with E-state index in [1.165, 1.54) is 19.5 Å². The predicted molar refractivity (Wildman–Crippen MR) is 97.2 cm³/mol. The van der Waals surface area contributed by atoms with Crippen LogP contribution in [0.25, 0.3) is 21.6 Å². The highest BCUT2D eigenvalue weighted by Crippen LogP contribution is 2.57. The highest BCUT2D eigenvalue weighted by Gasteiger charge is 2.58. The van der Waals surface area contributed by atoms with Crippen LogP contribution in [0.3, 0.4) is 0 Å². The Kier molecular flexibility index (Phi) is 3.11. The lowest BCUT2D eigenvalue weighted by Crippen LogP contribution is -2.24. The molecule has 2 aliphatic rings. The van der Waals surface area contributed by atoms with Crippen LogP contribution in [-0.2, 0) is 0 Å². The van der Waals surface area contributed by atoms with E-state index in [1.54, 1.807) is 23.7 Å². The Hall–Kier alpha value is -2.05. The lowest BCUT2D eigenvalue weighted by molar-refractivity contribution is 0.342. The number of rotatable bonds is 4. The van der Waals surface area contributed by atoms with Crippen LogP contribution in [0.15, 0.2) is 36.7 Å². The van der Waals surface area contributed by atoms with E-state index in [0.717, 1.165) is 39.2 Å². The molecule has 0 bridgehead atoms. The molecule has 0 spiro atoms. The summed E-state index contributed by atoms with van der Waals surface area (Å²) >= 11 is 1.64. The molecule has 0 radical (unpaired) electrons. The van der Waals surface area contributed by atoms with Gasteiger partial charge < -0.3 is 10.2 Å². The van der Waals surface area contributed by atoms with Crippen molar-refractivity contribution in [2.75, 3.05) is 32.0 Å². The molecule has 1 aliphatic heterocycles. The van der Waals surface area contributed by atoms with Gasteiger partial charge >= 0.3 is 0 Å². The van der Waals surface area contributed by atoms with Crippen molar-refractivity contribution in [2.45, 2.75) is 6.42 Å². The molecule has 0 aromatic carbocycles. The van der Waals surface area contributed by atoms with Crippen LogP contribution in [0.5, 0.6) is 0 Å². The zero-order chi connectivity index (χ0) is 16.1. The van der Waals surface area contributed by atoms with Crippen LogP contribution in [-0.4, -0.2) is 46.5 Å². The summed E-state index contributed by atoms with van der Waals surface area (Å²) in [6.45, 7) is 3.48. The number of piperidine rings is 1. The highest BCUT2D eigenvalue weighted by molar-refractivity contribution is 7.21. The maximum absolute atomic E-state index is 4.77. The average molecular weight is 337 g/mol. The number of anilines is 1. The molecule has 0 amide bonds. The molecule has 1 aliphatic carbocycles. The van der Waals surface area contributed by atoms with Gasteiger partial charge in [-0.3, -0.25) is 4.98 Å². The molecule has 2 atom stereocenters. The summed E-state index contributed by atoms with van der Waals surface area (Å²) in [7, 11) is 2.22. The Bertz CT molecular complexity index is 893. The Morgan fingerprint density at radius 3 is 2.92 bits per heavy atom. The van der Waals surface area contributed by atoms with E-state index in [1.807, 2.05) is 18.2 Å². The minimum Gasteiger partial charge on any atom is -0.361 e. The maximum atomic E-state index is 4.77. The van der Waals surface area contributed by atoms with E-state index >= 15 is 0 Å². The van der Waals surface area contributed by atoms with E-state index in [0.29, 0.717) is 5.41 Å². The Morgan fingerprint density at radius 2 is 2.12 bits per heavy atom. The molecular weight excluding hydrogens is 318 g/mol. The van der Waals surface area contributed by atoms with Gasteiger partial charge in [-0.1, -0.05) is 11.3 Å². The number of likely N-dealkylation sites (tertiary alicyclic amines) is 1. The van der Waals surface area contributed by atoms with Crippen molar-refractivity contribution in [1.29, 1.82) is 0 Å². The second-order valence-corrected chi connectivity index (χ2v) is 8.07. The molecule has 1 saturated carbocycles. The Morgan fingerprint density at radius 1 is 1.25 bits per heavy atom. The highest BCUT2D eigenvalue weighted by atomic mass is 32.1. The molecule has 3 aromatic heterocycles. The standard InChI is InChI=1S/C18H19N5S/c1-23-9-13-8-18(13,11-23)10-20-17-22-15-3-2-14(21-16(15)24-17)12-4-6-19-7-5-12/h2-7,13H,8-11H2,1H3,(H,20,22)/t13-,18+/m1/s1. The van der Waals surface area contributed by atoms with Crippen LogP contribution in [0.1, 0.15) is 6.42 Å². The average Bonchev–Trinajstić information content (AvgIpc) is 2.96. The van der Waals surface area contributed by atoms with Crippen LogP contribution in [0.2, 0.25) is 0 Å². The summed E-state index contributed by atoms with van der Waals surface area (Å²) in [5.41, 5.74) is 3.51. The van der Waals surface area contributed by atoms with E-state index in [2.05, 4.69) is 28.3 Å². The number of hydrogen-bond acceptors (Lipinski definition) is 6. The first kappa shape index (κ1) is 14.3. The van der Waals surface area contributed by atoms with Crippen molar-refractivity contribution in [3.05, 3.63) is 36.7 Å². The summed E-state index contributed by atoms with van der Waals surface area (Å²) in [5, 5.41) is 4.55. The summed E-state index contributed by atoms with van der Waals surface area (Å²) in [4.78, 5) is 17.0. The van der Waals surface area contributed by atoms with Crippen molar-refractivity contribution in [3.8, 4) is 11.3 Å². The van der Waals surface area contributed by atoms with E-state index < -0.39 is 0 Å². The largest absolute Gasteiger partial charge is 0.361 e. The van der Waals surface area contributed by atoms with Crippen molar-refractivity contribution in [3.63, 3.8) is 0 Å². The van der Waals surface area contributed by atoms with Gasteiger partial charge in [0.15, 0.2) is 5.13 Å². The minimum atomic E-state index is 0.488. The van der Waals surface area contributed by atoms with Crippen molar-refractivity contribution >= 4 is 26.8 Å². The third-order valence-corrected chi connectivity index (χ3v) is 6.22. The lowest BCUT2D eigenvalue weighted by atomic mass is 10.1. The van der Waals surface area contributed by atoms with Crippen molar-refractivity contribution in [1.82, 2.24) is 19.9 Å². The molecular formula is C18H19N5S. The summed E-state index contributed by atoms with van der Waals surface area (Å²) in [6, 6.07) is 8.05. The van der Waals surface area contributed by atoms with Crippen LogP contribution >= 0.6 is 11.3 Å².